The number of β-lactam (4-membered cyclic amide) rings is 1. The minimum Gasteiger partial charge on any atom is -0.413 e. The first-order valence-corrected chi connectivity index (χ1v) is 17.3. The maximum Gasteiger partial charge on any atom is 0.222 e. The van der Waals surface area contributed by atoms with Crippen LogP contribution in [-0.4, -0.2) is 45.0 Å². The van der Waals surface area contributed by atoms with Gasteiger partial charge < -0.3 is 8.99 Å². The van der Waals surface area contributed by atoms with Gasteiger partial charge in [0.15, 0.2) is 16.6 Å². The van der Waals surface area contributed by atoms with Crippen LogP contribution in [0.2, 0.25) is 36.3 Å². The molecule has 2 fully saturated rings. The molecule has 0 unspecified atom stereocenters. The predicted octanol–water partition coefficient (Wildman–Crippen LogP) is 5.99. The van der Waals surface area contributed by atoms with E-state index in [0.717, 1.165) is 19.3 Å². The van der Waals surface area contributed by atoms with Crippen LogP contribution >= 0.6 is 0 Å². The van der Waals surface area contributed by atoms with Crippen LogP contribution in [0.25, 0.3) is 0 Å². The Morgan fingerprint density at radius 1 is 0.966 bits per heavy atom. The van der Waals surface area contributed by atoms with Crippen molar-refractivity contribution in [1.82, 2.24) is 4.57 Å². The van der Waals surface area contributed by atoms with Gasteiger partial charge in [0.2, 0.25) is 5.91 Å². The lowest BCUT2D eigenvalue weighted by Crippen LogP contribution is -2.77. The quantitative estimate of drug-likeness (QED) is 0.390. The Labute approximate surface area is 181 Å². The Morgan fingerprint density at radius 2 is 1.52 bits per heavy atom. The highest BCUT2D eigenvalue weighted by atomic mass is 28.4. The van der Waals surface area contributed by atoms with Crippen LogP contribution in [0.1, 0.15) is 74.1 Å². The molecule has 0 bridgehead atoms. The van der Waals surface area contributed by atoms with Crippen LogP contribution in [0.3, 0.4) is 0 Å². The molecule has 1 amide bonds. The molecule has 0 N–H and O–H groups in total. The number of ketones is 1. The van der Waals surface area contributed by atoms with Gasteiger partial charge >= 0.3 is 0 Å². The summed E-state index contributed by atoms with van der Waals surface area (Å²) in [5.41, 5.74) is 0. The molecule has 0 aromatic carbocycles. The number of hydrogen-bond acceptors (Lipinski definition) is 3. The van der Waals surface area contributed by atoms with Gasteiger partial charge in [-0.1, -0.05) is 61.1 Å². The fraction of sp³-hybridized carbons (Fsp3) is 0.913. The van der Waals surface area contributed by atoms with Crippen LogP contribution < -0.4 is 0 Å². The Bertz CT molecular complexity index is 645. The molecule has 1 saturated carbocycles. The van der Waals surface area contributed by atoms with Gasteiger partial charge in [-0.2, -0.15) is 0 Å². The van der Waals surface area contributed by atoms with Gasteiger partial charge in [-0.3, -0.25) is 9.59 Å². The van der Waals surface area contributed by atoms with E-state index in [1.165, 1.54) is 0 Å². The van der Waals surface area contributed by atoms with Gasteiger partial charge in [-0.15, -0.1) is 0 Å². The number of Topliss-reactive ketones (excluding diaryl/α,β-unsaturated/α-hetero) is 1. The smallest absolute Gasteiger partial charge is 0.222 e. The molecule has 1 heterocycles. The number of hydrogen-bond donors (Lipinski definition) is 0. The summed E-state index contributed by atoms with van der Waals surface area (Å²) in [6.45, 7) is 24.6. The van der Waals surface area contributed by atoms with Crippen LogP contribution in [0.4, 0.5) is 0 Å². The second kappa shape index (κ2) is 7.90. The predicted molar refractivity (Wildman–Crippen MR) is 126 cm³/mol. The van der Waals surface area contributed by atoms with Gasteiger partial charge in [0.25, 0.3) is 0 Å². The van der Waals surface area contributed by atoms with Crippen molar-refractivity contribution in [1.29, 1.82) is 0 Å². The molecule has 1 aliphatic carbocycles. The van der Waals surface area contributed by atoms with E-state index in [2.05, 4.69) is 79.2 Å². The van der Waals surface area contributed by atoms with E-state index in [9.17, 15) is 9.59 Å². The van der Waals surface area contributed by atoms with Crippen molar-refractivity contribution in [2.45, 2.75) is 123 Å². The Kier molecular flexibility index (Phi) is 6.76. The molecule has 1 saturated heterocycles. The van der Waals surface area contributed by atoms with Gasteiger partial charge in [0, 0.05) is 18.4 Å². The third-order valence-electron chi connectivity index (χ3n) is 8.43. The number of nitrogens with zero attached hydrogens (tertiary/aromatic N) is 1. The lowest BCUT2D eigenvalue weighted by atomic mass is 9.72. The summed E-state index contributed by atoms with van der Waals surface area (Å²) in [5, 5.41) is 0.163. The van der Waals surface area contributed by atoms with Crippen molar-refractivity contribution in [3.8, 4) is 0 Å². The highest BCUT2D eigenvalue weighted by Gasteiger charge is 2.62. The SMILES string of the molecule is C[C@@H](O[Si](C)(C)C(C)(C)C)[C@H]1C(=O)N([Si](C)(C)C(C)(C)C)[C@@H]1[C@H]1CCCCC1=O. The van der Waals surface area contributed by atoms with E-state index in [4.69, 9.17) is 4.43 Å². The lowest BCUT2D eigenvalue weighted by Gasteiger charge is -2.62. The van der Waals surface area contributed by atoms with Gasteiger partial charge in [0.05, 0.1) is 12.0 Å². The van der Waals surface area contributed by atoms with Gasteiger partial charge in [-0.25, -0.2) is 0 Å². The van der Waals surface area contributed by atoms with E-state index in [1.54, 1.807) is 0 Å². The van der Waals surface area contributed by atoms with Crippen molar-refractivity contribution >= 4 is 28.2 Å². The normalized spacial score (nSPS) is 28.4. The first-order chi connectivity index (χ1) is 12.9. The molecule has 29 heavy (non-hydrogen) atoms. The summed E-state index contributed by atoms with van der Waals surface area (Å²) in [6.07, 6.45) is 3.55. The monoisotopic (exact) mass is 439 g/mol. The molecule has 6 heteroatoms. The highest BCUT2D eigenvalue weighted by molar-refractivity contribution is 6.80. The molecule has 2 aliphatic rings. The molecule has 0 aromatic heterocycles. The van der Waals surface area contributed by atoms with Crippen LogP contribution in [-0.2, 0) is 14.0 Å². The summed E-state index contributed by atoms with van der Waals surface area (Å²) in [7, 11) is -4.04. The Hall–Kier alpha value is -0.466. The first kappa shape index (κ1) is 24.8. The molecule has 1 aliphatic heterocycles. The summed E-state index contributed by atoms with van der Waals surface area (Å²) in [5.74, 6) is 0.407. The van der Waals surface area contributed by atoms with Crippen molar-refractivity contribution in [2.75, 3.05) is 0 Å². The largest absolute Gasteiger partial charge is 0.413 e. The molecule has 0 spiro atoms. The fourth-order valence-corrected chi connectivity index (χ4v) is 8.47. The van der Waals surface area contributed by atoms with Crippen molar-refractivity contribution < 1.29 is 14.0 Å². The van der Waals surface area contributed by atoms with Crippen LogP contribution in [0, 0.1) is 11.8 Å². The van der Waals surface area contributed by atoms with E-state index >= 15 is 0 Å². The standard InChI is InChI=1S/C23H45NO3Si2/c1-16(27-29(10,11)23(5,6)7)19-20(17-14-12-13-15-18(17)25)24(21(19)26)28(8,9)22(2,3)4/h16-17,19-20H,12-15H2,1-11H3/t16-,17+,19-,20-/m1/s1. The van der Waals surface area contributed by atoms with E-state index in [1.807, 2.05) is 0 Å². The molecular formula is C23H45NO3Si2. The van der Waals surface area contributed by atoms with E-state index in [-0.39, 0.29) is 40.0 Å². The minimum atomic E-state index is -2.06. The molecule has 2 rings (SSSR count). The van der Waals surface area contributed by atoms with Crippen LogP contribution in [0.15, 0.2) is 0 Å². The summed E-state index contributed by atoms with van der Waals surface area (Å²) in [4.78, 5) is 26.5. The maximum absolute atomic E-state index is 13.6. The summed E-state index contributed by atoms with van der Waals surface area (Å²) >= 11 is 0. The third kappa shape index (κ3) is 4.45. The number of carbonyl (C=O) groups is 2. The van der Waals surface area contributed by atoms with Gasteiger partial charge in [-0.05, 0) is 42.9 Å². The maximum atomic E-state index is 13.6. The second-order valence-electron chi connectivity index (χ2n) is 12.4. The zero-order valence-electron chi connectivity index (χ0n) is 20.8. The zero-order valence-corrected chi connectivity index (χ0v) is 22.8. The number of amides is 1. The van der Waals surface area contributed by atoms with Crippen molar-refractivity contribution in [3.63, 3.8) is 0 Å². The topological polar surface area (TPSA) is 46.6 Å². The molecule has 4 nitrogen and oxygen atoms in total. The van der Waals surface area contributed by atoms with E-state index < -0.39 is 16.6 Å². The third-order valence-corrected chi connectivity index (χ3v) is 18.4. The molecule has 168 valence electrons. The first-order valence-electron chi connectivity index (χ1n) is 11.5. The second-order valence-corrected chi connectivity index (χ2v) is 22.3. The Balaban J connectivity index is 2.38. The fourth-order valence-electron chi connectivity index (χ4n) is 4.54. The highest BCUT2D eigenvalue weighted by Crippen LogP contribution is 2.50. The van der Waals surface area contributed by atoms with Crippen molar-refractivity contribution in [2.24, 2.45) is 11.8 Å². The average molecular weight is 440 g/mol. The Morgan fingerprint density at radius 3 is 1.97 bits per heavy atom. The lowest BCUT2D eigenvalue weighted by molar-refractivity contribution is -0.160. The molecule has 0 radical (unpaired) electrons. The minimum absolute atomic E-state index is 0.00830. The molecule has 4 atom stereocenters. The molecule has 0 aromatic rings. The number of carbonyl (C=O) groups excluding carboxylic acids is 2. The van der Waals surface area contributed by atoms with Crippen molar-refractivity contribution in [3.05, 3.63) is 0 Å². The average Bonchev–Trinajstić information content (AvgIpc) is 2.50. The summed E-state index contributed by atoms with van der Waals surface area (Å²) in [6, 6.07) is 0.0240. The number of rotatable bonds is 5. The van der Waals surface area contributed by atoms with E-state index in [0.29, 0.717) is 12.2 Å². The van der Waals surface area contributed by atoms with Gasteiger partial charge in [0.1, 0.15) is 5.78 Å². The van der Waals surface area contributed by atoms with Crippen LogP contribution in [0.5, 0.6) is 0 Å². The zero-order chi connectivity index (χ0) is 22.6. The molecular weight excluding hydrogens is 394 g/mol. The summed E-state index contributed by atoms with van der Waals surface area (Å²) < 4.78 is 8.87.